The number of nitrogens with zero attached hydrogens (tertiary/aromatic N) is 1. The fourth-order valence-electron chi connectivity index (χ4n) is 2.71. The van der Waals surface area contributed by atoms with Crippen LogP contribution in [0.15, 0.2) is 21.2 Å². The molecule has 1 aliphatic carbocycles. The van der Waals surface area contributed by atoms with Gasteiger partial charge < -0.3 is 5.32 Å². The topological polar surface area (TPSA) is 24.9 Å². The lowest BCUT2D eigenvalue weighted by atomic mass is 9.82. The zero-order chi connectivity index (χ0) is 13.0. The monoisotopic (exact) mass is 374 g/mol. The molecule has 1 aromatic rings. The summed E-state index contributed by atoms with van der Waals surface area (Å²) in [5.74, 6) is 1.76. The average Bonchev–Trinajstić information content (AvgIpc) is 2.32. The van der Waals surface area contributed by atoms with Gasteiger partial charge in [0.25, 0.3) is 0 Å². The number of aromatic nitrogens is 1. The summed E-state index contributed by atoms with van der Waals surface area (Å²) in [5.41, 5.74) is 1.09. The fourth-order valence-corrected chi connectivity index (χ4v) is 3.84. The molecule has 2 atom stereocenters. The van der Waals surface area contributed by atoms with Crippen LogP contribution in [0, 0.1) is 11.8 Å². The highest BCUT2D eigenvalue weighted by Crippen LogP contribution is 2.28. The van der Waals surface area contributed by atoms with Crippen molar-refractivity contribution in [2.24, 2.45) is 11.8 Å². The van der Waals surface area contributed by atoms with Crippen molar-refractivity contribution in [3.63, 3.8) is 0 Å². The van der Waals surface area contributed by atoms with Crippen molar-refractivity contribution in [3.8, 4) is 0 Å². The third-order valence-corrected chi connectivity index (χ3v) is 4.77. The van der Waals surface area contributed by atoms with E-state index in [0.717, 1.165) is 39.6 Å². The molecule has 0 radical (unpaired) electrons. The highest BCUT2D eigenvalue weighted by atomic mass is 79.9. The molecule has 1 saturated carbocycles. The van der Waals surface area contributed by atoms with E-state index in [2.05, 4.69) is 49.1 Å². The Balaban J connectivity index is 1.77. The first kappa shape index (κ1) is 14.5. The molecule has 1 fully saturated rings. The molecule has 0 aliphatic heterocycles. The molecular weight excluding hydrogens is 356 g/mol. The third-order valence-electron chi connectivity index (χ3n) is 3.65. The lowest BCUT2D eigenvalue weighted by Crippen LogP contribution is -2.26. The van der Waals surface area contributed by atoms with Crippen molar-refractivity contribution in [2.75, 3.05) is 6.54 Å². The van der Waals surface area contributed by atoms with Crippen LogP contribution in [0.3, 0.4) is 0 Å². The molecule has 1 aromatic heterocycles. The van der Waals surface area contributed by atoms with E-state index in [-0.39, 0.29) is 0 Å². The van der Waals surface area contributed by atoms with E-state index in [0.29, 0.717) is 0 Å². The van der Waals surface area contributed by atoms with Crippen molar-refractivity contribution in [1.82, 2.24) is 10.3 Å². The zero-order valence-corrected chi connectivity index (χ0v) is 13.9. The second kappa shape index (κ2) is 7.01. The summed E-state index contributed by atoms with van der Waals surface area (Å²) in [6.07, 6.45) is 7.42. The maximum absolute atomic E-state index is 4.42. The first-order valence-corrected chi connectivity index (χ1v) is 8.24. The molecule has 18 heavy (non-hydrogen) atoms. The van der Waals surface area contributed by atoms with Crippen molar-refractivity contribution in [3.05, 3.63) is 26.9 Å². The molecule has 1 N–H and O–H groups in total. The zero-order valence-electron chi connectivity index (χ0n) is 10.8. The second-order valence-electron chi connectivity index (χ2n) is 5.35. The van der Waals surface area contributed by atoms with E-state index in [1.807, 2.05) is 12.3 Å². The van der Waals surface area contributed by atoms with Gasteiger partial charge in [0.2, 0.25) is 0 Å². The Bertz CT molecular complexity index is 395. The normalized spacial score (nSPS) is 24.2. The van der Waals surface area contributed by atoms with E-state index in [1.165, 1.54) is 25.7 Å². The molecule has 2 unspecified atom stereocenters. The van der Waals surface area contributed by atoms with Crippen LogP contribution >= 0.6 is 31.9 Å². The van der Waals surface area contributed by atoms with E-state index >= 15 is 0 Å². The lowest BCUT2D eigenvalue weighted by Gasteiger charge is -2.26. The first-order chi connectivity index (χ1) is 8.65. The molecule has 0 spiro atoms. The van der Waals surface area contributed by atoms with Gasteiger partial charge in [-0.25, -0.2) is 0 Å². The highest BCUT2D eigenvalue weighted by molar-refractivity contribution is 9.11. The van der Waals surface area contributed by atoms with Crippen LogP contribution in [0.1, 0.15) is 38.3 Å². The van der Waals surface area contributed by atoms with Gasteiger partial charge >= 0.3 is 0 Å². The van der Waals surface area contributed by atoms with Crippen molar-refractivity contribution in [2.45, 2.75) is 39.2 Å². The minimum Gasteiger partial charge on any atom is -0.311 e. The van der Waals surface area contributed by atoms with Gasteiger partial charge in [-0.05, 0) is 69.1 Å². The van der Waals surface area contributed by atoms with Crippen molar-refractivity contribution in [1.29, 1.82) is 0 Å². The van der Waals surface area contributed by atoms with Gasteiger partial charge in [0.05, 0.1) is 5.69 Å². The molecule has 1 heterocycles. The predicted molar refractivity (Wildman–Crippen MR) is 82.5 cm³/mol. The predicted octanol–water partition coefficient (Wildman–Crippen LogP) is 4.52. The third kappa shape index (κ3) is 4.32. The average molecular weight is 376 g/mol. The molecule has 100 valence electrons. The van der Waals surface area contributed by atoms with E-state index in [4.69, 9.17) is 0 Å². The van der Waals surface area contributed by atoms with Gasteiger partial charge in [-0.2, -0.15) is 0 Å². The molecule has 0 saturated heterocycles. The molecule has 2 rings (SSSR count). The maximum atomic E-state index is 4.42. The summed E-state index contributed by atoms with van der Waals surface area (Å²) in [5, 5.41) is 3.54. The molecule has 2 nitrogen and oxygen atoms in total. The van der Waals surface area contributed by atoms with Gasteiger partial charge in [0.15, 0.2) is 0 Å². The number of halogens is 2. The number of hydrogen-bond donors (Lipinski definition) is 1. The molecule has 0 amide bonds. The number of nitrogens with one attached hydrogen (secondary N) is 1. The Labute approximate surface area is 126 Å². The summed E-state index contributed by atoms with van der Waals surface area (Å²) >= 11 is 6.97. The number of rotatable bonds is 4. The molecule has 1 aliphatic rings. The van der Waals surface area contributed by atoms with E-state index in [1.54, 1.807) is 0 Å². The SMILES string of the molecule is CC1CCCC(CNCc2ncc(Br)cc2Br)C1. The van der Waals surface area contributed by atoms with Crippen LogP contribution in [-0.2, 0) is 6.54 Å². The van der Waals surface area contributed by atoms with Gasteiger partial charge in [-0.15, -0.1) is 0 Å². The Kier molecular flexibility index (Phi) is 5.64. The standard InChI is InChI=1S/C14H20Br2N2/c1-10-3-2-4-11(5-10)7-17-9-14-13(16)6-12(15)8-18-14/h6,8,10-11,17H,2-5,7,9H2,1H3. The summed E-state index contributed by atoms with van der Waals surface area (Å²) in [6.45, 7) is 4.34. The van der Waals surface area contributed by atoms with Crippen molar-refractivity contribution < 1.29 is 0 Å². The molecule has 0 bridgehead atoms. The molecular formula is C14H20Br2N2. The Morgan fingerprint density at radius 2 is 2.22 bits per heavy atom. The van der Waals surface area contributed by atoms with E-state index < -0.39 is 0 Å². The van der Waals surface area contributed by atoms with Crippen LogP contribution in [-0.4, -0.2) is 11.5 Å². The minimum absolute atomic E-state index is 0.846. The van der Waals surface area contributed by atoms with Crippen LogP contribution < -0.4 is 5.32 Å². The molecule has 4 heteroatoms. The Morgan fingerprint density at radius 1 is 1.39 bits per heavy atom. The summed E-state index contributed by atoms with van der Waals surface area (Å²) in [6, 6.07) is 2.05. The van der Waals surface area contributed by atoms with Gasteiger partial charge in [-0.3, -0.25) is 4.98 Å². The summed E-state index contributed by atoms with van der Waals surface area (Å²) in [4.78, 5) is 4.42. The smallest absolute Gasteiger partial charge is 0.0684 e. The molecule has 0 aromatic carbocycles. The quantitative estimate of drug-likeness (QED) is 0.836. The minimum atomic E-state index is 0.846. The van der Waals surface area contributed by atoms with E-state index in [9.17, 15) is 0 Å². The van der Waals surface area contributed by atoms with Gasteiger partial charge in [0.1, 0.15) is 0 Å². The maximum Gasteiger partial charge on any atom is 0.0684 e. The van der Waals surface area contributed by atoms with Gasteiger partial charge in [-0.1, -0.05) is 19.8 Å². The highest BCUT2D eigenvalue weighted by Gasteiger charge is 2.18. The van der Waals surface area contributed by atoms with Crippen molar-refractivity contribution >= 4 is 31.9 Å². The van der Waals surface area contributed by atoms with Crippen LogP contribution in [0.25, 0.3) is 0 Å². The number of hydrogen-bond acceptors (Lipinski definition) is 2. The fraction of sp³-hybridized carbons (Fsp3) is 0.643. The van der Waals surface area contributed by atoms with Gasteiger partial charge in [0, 0.05) is 21.7 Å². The lowest BCUT2D eigenvalue weighted by molar-refractivity contribution is 0.274. The summed E-state index contributed by atoms with van der Waals surface area (Å²) in [7, 11) is 0. The Morgan fingerprint density at radius 3 is 2.94 bits per heavy atom. The van der Waals surface area contributed by atoms with Crippen LogP contribution in [0.2, 0.25) is 0 Å². The largest absolute Gasteiger partial charge is 0.311 e. The van der Waals surface area contributed by atoms with Crippen LogP contribution in [0.4, 0.5) is 0 Å². The Hall–Kier alpha value is 0.0700. The summed E-state index contributed by atoms with van der Waals surface area (Å²) < 4.78 is 2.08. The second-order valence-corrected chi connectivity index (χ2v) is 7.12. The van der Waals surface area contributed by atoms with Crippen LogP contribution in [0.5, 0.6) is 0 Å². The number of pyridine rings is 1. The first-order valence-electron chi connectivity index (χ1n) is 6.66.